The van der Waals surface area contributed by atoms with E-state index in [2.05, 4.69) is 19.9 Å². The first-order valence-electron chi connectivity index (χ1n) is 8.48. The van der Waals surface area contributed by atoms with E-state index in [1.54, 1.807) is 11.4 Å². The number of aromatic nitrogens is 3. The summed E-state index contributed by atoms with van der Waals surface area (Å²) in [6, 6.07) is 1.91. The lowest BCUT2D eigenvalue weighted by Gasteiger charge is -2.40. The maximum absolute atomic E-state index is 13.3. The van der Waals surface area contributed by atoms with Crippen molar-refractivity contribution in [1.29, 1.82) is 0 Å². The highest BCUT2D eigenvalue weighted by Crippen LogP contribution is 2.51. The molecule has 0 radical (unpaired) electrons. The lowest BCUT2D eigenvalue weighted by Crippen LogP contribution is -2.45. The molecule has 2 fully saturated rings. The average Bonchev–Trinajstić information content (AvgIpc) is 3.08. The predicted octanol–water partition coefficient (Wildman–Crippen LogP) is 2.66. The van der Waals surface area contributed by atoms with E-state index in [1.807, 2.05) is 6.92 Å². The van der Waals surface area contributed by atoms with Gasteiger partial charge in [0.15, 0.2) is 0 Å². The van der Waals surface area contributed by atoms with E-state index in [9.17, 15) is 8.42 Å². The molecule has 0 aromatic carbocycles. The van der Waals surface area contributed by atoms with Crippen LogP contribution in [-0.2, 0) is 19.3 Å². The van der Waals surface area contributed by atoms with E-state index >= 15 is 0 Å². The van der Waals surface area contributed by atoms with Crippen molar-refractivity contribution >= 4 is 38.6 Å². The molecule has 1 aliphatic carbocycles. The minimum atomic E-state index is -3.64. The Kier molecular flexibility index (Phi) is 4.66. The normalized spacial score (nSPS) is 22.8. The highest BCUT2D eigenvalue weighted by Gasteiger charge is 2.53. The largest absolute Gasteiger partial charge is 0.377 e. The van der Waals surface area contributed by atoms with Gasteiger partial charge in [0.25, 0.3) is 0 Å². The Morgan fingerprint density at radius 1 is 1.38 bits per heavy atom. The van der Waals surface area contributed by atoms with Crippen molar-refractivity contribution in [1.82, 2.24) is 15.0 Å². The molecule has 26 heavy (non-hydrogen) atoms. The van der Waals surface area contributed by atoms with Crippen molar-refractivity contribution in [2.75, 3.05) is 24.7 Å². The van der Waals surface area contributed by atoms with Gasteiger partial charge in [0.05, 0.1) is 24.9 Å². The lowest BCUT2D eigenvalue weighted by atomic mass is 9.81. The van der Waals surface area contributed by atoms with Crippen LogP contribution in [0.15, 0.2) is 22.0 Å². The van der Waals surface area contributed by atoms with Crippen molar-refractivity contribution in [3.8, 4) is 0 Å². The second kappa shape index (κ2) is 6.70. The third-order valence-corrected chi connectivity index (χ3v) is 9.02. The van der Waals surface area contributed by atoms with Crippen LogP contribution in [0.2, 0.25) is 5.28 Å². The molecule has 1 saturated heterocycles. The van der Waals surface area contributed by atoms with Crippen LogP contribution >= 0.6 is 22.9 Å². The molecule has 7 nitrogen and oxygen atoms in total. The summed E-state index contributed by atoms with van der Waals surface area (Å²) in [4.78, 5) is 14.8. The topological polar surface area (TPSA) is 85.3 Å². The van der Waals surface area contributed by atoms with Crippen LogP contribution in [0.3, 0.4) is 0 Å². The minimum Gasteiger partial charge on any atom is -0.377 e. The van der Waals surface area contributed by atoms with E-state index in [-0.39, 0.29) is 15.7 Å². The Balaban J connectivity index is 1.79. The monoisotopic (exact) mass is 414 g/mol. The number of hydrogen-bond donors (Lipinski definition) is 0. The molecule has 1 saturated carbocycles. The maximum Gasteiger partial charge on any atom is 0.224 e. The second-order valence-corrected chi connectivity index (χ2v) is 10.3. The molecule has 1 atom stereocenters. The number of rotatable bonds is 4. The summed E-state index contributed by atoms with van der Waals surface area (Å²) in [6.45, 7) is 3.92. The van der Waals surface area contributed by atoms with E-state index < -0.39 is 14.6 Å². The van der Waals surface area contributed by atoms with Crippen LogP contribution in [0.1, 0.15) is 31.9 Å². The number of halogens is 1. The van der Waals surface area contributed by atoms with Crippen molar-refractivity contribution in [2.45, 2.75) is 41.3 Å². The molecule has 0 spiro atoms. The number of hydrogen-bond acceptors (Lipinski definition) is 8. The summed E-state index contributed by atoms with van der Waals surface area (Å²) in [5.74, 6) is 0.649. The minimum absolute atomic E-state index is 0.0665. The summed E-state index contributed by atoms with van der Waals surface area (Å²) in [5.41, 5.74) is 0.465. The van der Waals surface area contributed by atoms with Gasteiger partial charge in [-0.25, -0.2) is 23.4 Å². The zero-order valence-corrected chi connectivity index (χ0v) is 16.6. The first-order chi connectivity index (χ1) is 12.4. The predicted molar refractivity (Wildman–Crippen MR) is 99.5 cm³/mol. The molecule has 2 aromatic heterocycles. The van der Waals surface area contributed by atoms with Gasteiger partial charge in [0, 0.05) is 24.2 Å². The Bertz CT molecular complexity index is 900. The average molecular weight is 415 g/mol. The van der Waals surface area contributed by atoms with Gasteiger partial charge in [-0.1, -0.05) is 0 Å². The summed E-state index contributed by atoms with van der Waals surface area (Å²) in [6.07, 6.45) is 3.37. The van der Waals surface area contributed by atoms with Crippen LogP contribution < -0.4 is 4.90 Å². The van der Waals surface area contributed by atoms with Gasteiger partial charge in [-0.2, -0.15) is 0 Å². The van der Waals surface area contributed by atoms with Crippen LogP contribution in [0.25, 0.3) is 0 Å². The number of anilines is 1. The molecule has 140 valence electrons. The fourth-order valence-corrected chi connectivity index (χ4v) is 6.95. The molecule has 3 heterocycles. The van der Waals surface area contributed by atoms with Gasteiger partial charge in [-0.05, 0) is 37.8 Å². The third kappa shape index (κ3) is 2.81. The van der Waals surface area contributed by atoms with Crippen molar-refractivity contribution in [3.05, 3.63) is 28.6 Å². The molecule has 0 unspecified atom stereocenters. The molecular weight excluding hydrogens is 396 g/mol. The van der Waals surface area contributed by atoms with Gasteiger partial charge in [0.2, 0.25) is 19.5 Å². The third-order valence-electron chi connectivity index (χ3n) is 5.13. The van der Waals surface area contributed by atoms with Crippen LogP contribution in [0.5, 0.6) is 0 Å². The Morgan fingerprint density at radius 3 is 2.81 bits per heavy atom. The van der Waals surface area contributed by atoms with Gasteiger partial charge in [-0.3, -0.25) is 0 Å². The summed E-state index contributed by atoms with van der Waals surface area (Å²) >= 11 is 7.33. The Hall–Kier alpha value is -1.29. The smallest absolute Gasteiger partial charge is 0.224 e. The number of nitrogens with zero attached hydrogens (tertiary/aromatic N) is 4. The van der Waals surface area contributed by atoms with E-state index in [0.29, 0.717) is 44.1 Å². The van der Waals surface area contributed by atoms with Crippen molar-refractivity contribution < 1.29 is 13.2 Å². The van der Waals surface area contributed by atoms with E-state index in [4.69, 9.17) is 16.3 Å². The molecular formula is C16H19ClN4O3S2. The van der Waals surface area contributed by atoms with E-state index in [0.717, 1.165) is 17.8 Å². The standard InChI is InChI=1S/C16H19ClN4O3S2/c1-11-10-24-7-6-21(11)13-9-12(19-14(17)20-13)16(3-2-4-16)26(22,23)15-18-5-8-25-15/h5,8-9,11H,2-4,6-7,10H2,1H3/t11-/m0/s1. The SMILES string of the molecule is C[C@H]1COCCN1c1cc(C2(S(=O)(=O)c3nccs3)CCC2)nc(Cl)n1. The van der Waals surface area contributed by atoms with Gasteiger partial charge in [0.1, 0.15) is 10.6 Å². The Labute approximate surface area is 161 Å². The Morgan fingerprint density at radius 2 is 2.19 bits per heavy atom. The van der Waals surface area contributed by atoms with Crippen LogP contribution in [0, 0.1) is 0 Å². The highest BCUT2D eigenvalue weighted by atomic mass is 35.5. The summed E-state index contributed by atoms with van der Waals surface area (Å²) in [7, 11) is -3.64. The first-order valence-corrected chi connectivity index (χ1v) is 11.2. The molecule has 2 aromatic rings. The van der Waals surface area contributed by atoms with Gasteiger partial charge in [-0.15, -0.1) is 11.3 Å². The number of thiazole rings is 1. The van der Waals surface area contributed by atoms with Crippen LogP contribution in [0.4, 0.5) is 5.82 Å². The summed E-state index contributed by atoms with van der Waals surface area (Å²) in [5, 5.41) is 1.74. The zero-order chi connectivity index (χ0) is 18.4. The molecule has 1 aliphatic heterocycles. The van der Waals surface area contributed by atoms with Gasteiger partial charge < -0.3 is 9.64 Å². The highest BCUT2D eigenvalue weighted by molar-refractivity contribution is 7.94. The molecule has 4 rings (SSSR count). The van der Waals surface area contributed by atoms with Crippen molar-refractivity contribution in [2.24, 2.45) is 0 Å². The second-order valence-electron chi connectivity index (χ2n) is 6.65. The fourth-order valence-electron chi connectivity index (χ4n) is 3.52. The maximum atomic E-state index is 13.3. The number of ether oxygens (including phenoxy) is 1. The molecule has 0 N–H and O–H groups in total. The fraction of sp³-hybridized carbons (Fsp3) is 0.562. The first kappa shape index (κ1) is 18.1. The molecule has 2 aliphatic rings. The van der Waals surface area contributed by atoms with Crippen molar-refractivity contribution in [3.63, 3.8) is 0 Å². The van der Waals surface area contributed by atoms with E-state index in [1.165, 1.54) is 6.20 Å². The number of morpholine rings is 1. The van der Waals surface area contributed by atoms with Crippen LogP contribution in [-0.4, -0.2) is 49.2 Å². The molecule has 10 heteroatoms. The summed E-state index contributed by atoms with van der Waals surface area (Å²) < 4.78 is 31.1. The molecule has 0 amide bonds. The number of sulfone groups is 1. The molecule has 0 bridgehead atoms. The zero-order valence-electron chi connectivity index (χ0n) is 14.3. The lowest BCUT2D eigenvalue weighted by molar-refractivity contribution is 0.0985. The quantitative estimate of drug-likeness (QED) is 0.711. The van der Waals surface area contributed by atoms with Gasteiger partial charge >= 0.3 is 0 Å².